The van der Waals surface area contributed by atoms with Crippen molar-refractivity contribution in [3.05, 3.63) is 71.5 Å². The van der Waals surface area contributed by atoms with Crippen LogP contribution in [0.1, 0.15) is 24.0 Å². The second-order valence-corrected chi connectivity index (χ2v) is 6.80. The van der Waals surface area contributed by atoms with Gasteiger partial charge in [-0.25, -0.2) is 4.39 Å². The van der Waals surface area contributed by atoms with Gasteiger partial charge in [0.05, 0.1) is 6.54 Å². The molecule has 0 N–H and O–H groups in total. The highest BCUT2D eigenvalue weighted by molar-refractivity contribution is 5.83. The smallest absolute Gasteiger partial charge is 0.123 e. The summed E-state index contributed by atoms with van der Waals surface area (Å²) in [7, 11) is 6.01. The van der Waals surface area contributed by atoms with Crippen LogP contribution in [0.3, 0.4) is 0 Å². The average molecular weight is 356 g/mol. The van der Waals surface area contributed by atoms with E-state index in [0.717, 1.165) is 37.5 Å². The second-order valence-electron chi connectivity index (χ2n) is 6.80. The summed E-state index contributed by atoms with van der Waals surface area (Å²) in [5.41, 5.74) is 2.49. The number of aliphatic imine (C=N–C) groups is 1. The molecule has 0 radical (unpaired) electrons. The number of nitrogens with zero attached hydrogens (tertiary/aromatic N) is 3. The third kappa shape index (κ3) is 6.96. The molecule has 0 saturated heterocycles. The highest BCUT2D eigenvalue weighted by atomic mass is 19.1. The van der Waals surface area contributed by atoms with Crippen molar-refractivity contribution in [1.29, 1.82) is 0 Å². The number of rotatable bonds is 9. The van der Waals surface area contributed by atoms with Gasteiger partial charge in [-0.1, -0.05) is 42.5 Å². The van der Waals surface area contributed by atoms with Crippen molar-refractivity contribution in [2.75, 3.05) is 34.2 Å². The Morgan fingerprint density at radius 2 is 1.62 bits per heavy atom. The Labute approximate surface area is 157 Å². The van der Waals surface area contributed by atoms with Gasteiger partial charge in [-0.05, 0) is 56.1 Å². The lowest BCUT2D eigenvalue weighted by Crippen LogP contribution is -2.37. The monoisotopic (exact) mass is 355 g/mol. The molecule has 140 valence electrons. The van der Waals surface area contributed by atoms with Gasteiger partial charge >= 0.3 is 0 Å². The Bertz CT molecular complexity index is 668. The lowest BCUT2D eigenvalue weighted by molar-refractivity contribution is 0.349. The van der Waals surface area contributed by atoms with Crippen LogP contribution in [0.2, 0.25) is 0 Å². The summed E-state index contributed by atoms with van der Waals surface area (Å²) in [4.78, 5) is 8.89. The number of amidine groups is 1. The Morgan fingerprint density at radius 1 is 0.923 bits per heavy atom. The molecule has 0 unspecified atom stereocenters. The largest absolute Gasteiger partial charge is 0.358 e. The molecule has 0 aliphatic rings. The van der Waals surface area contributed by atoms with Crippen molar-refractivity contribution in [3.8, 4) is 0 Å². The van der Waals surface area contributed by atoms with E-state index in [4.69, 9.17) is 0 Å². The predicted molar refractivity (Wildman–Crippen MR) is 108 cm³/mol. The molecule has 26 heavy (non-hydrogen) atoms. The minimum atomic E-state index is -0.198. The number of benzene rings is 2. The van der Waals surface area contributed by atoms with Crippen molar-refractivity contribution < 1.29 is 4.39 Å². The molecule has 0 fully saturated rings. The van der Waals surface area contributed by atoms with Crippen LogP contribution in [-0.2, 0) is 13.0 Å². The lowest BCUT2D eigenvalue weighted by atomic mass is 10.1. The number of aryl methyl sites for hydroxylation is 1. The molecule has 3 nitrogen and oxygen atoms in total. The van der Waals surface area contributed by atoms with Crippen LogP contribution in [-0.4, -0.2) is 49.9 Å². The SMILES string of the molecule is CN=C(CN(C)CCCCc1ccccc1)N(C)Cc1ccc(F)cc1. The minimum Gasteiger partial charge on any atom is -0.358 e. The van der Waals surface area contributed by atoms with E-state index in [1.54, 1.807) is 0 Å². The van der Waals surface area contributed by atoms with E-state index < -0.39 is 0 Å². The average Bonchev–Trinajstić information content (AvgIpc) is 2.66. The summed E-state index contributed by atoms with van der Waals surface area (Å²) in [5, 5.41) is 0. The molecule has 4 heteroatoms. The Balaban J connectivity index is 1.72. The molecule has 0 aromatic heterocycles. The fraction of sp³-hybridized carbons (Fsp3) is 0.409. The topological polar surface area (TPSA) is 18.8 Å². The zero-order valence-corrected chi connectivity index (χ0v) is 16.2. The highest BCUT2D eigenvalue weighted by Crippen LogP contribution is 2.08. The van der Waals surface area contributed by atoms with Crippen LogP contribution in [0.5, 0.6) is 0 Å². The van der Waals surface area contributed by atoms with E-state index >= 15 is 0 Å². The quantitative estimate of drug-likeness (QED) is 0.381. The van der Waals surface area contributed by atoms with Crippen molar-refractivity contribution in [1.82, 2.24) is 9.80 Å². The van der Waals surface area contributed by atoms with E-state index in [1.807, 2.05) is 26.2 Å². The van der Waals surface area contributed by atoms with Crippen LogP contribution in [0.15, 0.2) is 59.6 Å². The third-order valence-corrected chi connectivity index (χ3v) is 4.54. The fourth-order valence-electron chi connectivity index (χ4n) is 2.99. The number of unbranched alkanes of at least 4 members (excludes halogenated alkanes) is 1. The molecule has 0 aliphatic carbocycles. The van der Waals surface area contributed by atoms with Gasteiger partial charge in [-0.15, -0.1) is 0 Å². The van der Waals surface area contributed by atoms with E-state index in [1.165, 1.54) is 30.5 Å². The van der Waals surface area contributed by atoms with Crippen LogP contribution < -0.4 is 0 Å². The first-order valence-electron chi connectivity index (χ1n) is 9.22. The Hall–Kier alpha value is -2.20. The van der Waals surface area contributed by atoms with Crippen LogP contribution in [0, 0.1) is 5.82 Å². The number of likely N-dealkylation sites (N-methyl/N-ethyl adjacent to an activating group) is 2. The van der Waals surface area contributed by atoms with Gasteiger partial charge < -0.3 is 4.90 Å². The molecule has 0 aliphatic heterocycles. The molecule has 2 aromatic carbocycles. The number of hydrogen-bond acceptors (Lipinski definition) is 2. The van der Waals surface area contributed by atoms with Gasteiger partial charge in [0, 0.05) is 20.6 Å². The summed E-state index contributed by atoms with van der Waals surface area (Å²) in [6.07, 6.45) is 3.50. The Kier molecular flexibility index (Phi) is 8.29. The minimum absolute atomic E-state index is 0.198. The standard InChI is InChI=1S/C22H30FN3/c1-24-22(26(3)17-20-12-14-21(23)15-13-20)18-25(2)16-8-7-11-19-9-5-4-6-10-19/h4-6,9-10,12-15H,7-8,11,16-18H2,1-3H3. The second kappa shape index (κ2) is 10.7. The predicted octanol–water partition coefficient (Wildman–Crippen LogP) is 4.24. The summed E-state index contributed by atoms with van der Waals surface area (Å²) in [5.74, 6) is 0.843. The zero-order chi connectivity index (χ0) is 18.8. The molecule has 0 bridgehead atoms. The molecule has 0 saturated carbocycles. The maximum absolute atomic E-state index is 13.0. The van der Waals surface area contributed by atoms with E-state index in [2.05, 4.69) is 52.2 Å². The van der Waals surface area contributed by atoms with Gasteiger partial charge in [0.25, 0.3) is 0 Å². The first kappa shape index (κ1) is 20.1. The molecule has 0 spiro atoms. The van der Waals surface area contributed by atoms with Gasteiger partial charge in [0.1, 0.15) is 11.7 Å². The van der Waals surface area contributed by atoms with Crippen LogP contribution >= 0.6 is 0 Å². The van der Waals surface area contributed by atoms with Gasteiger partial charge in [0.2, 0.25) is 0 Å². The first-order valence-corrected chi connectivity index (χ1v) is 9.22. The van der Waals surface area contributed by atoms with E-state index in [0.29, 0.717) is 0 Å². The molecule has 0 amide bonds. The van der Waals surface area contributed by atoms with Crippen molar-refractivity contribution >= 4 is 5.84 Å². The molecular weight excluding hydrogens is 325 g/mol. The molecule has 2 rings (SSSR count). The third-order valence-electron chi connectivity index (χ3n) is 4.54. The summed E-state index contributed by atoms with van der Waals surface area (Å²) < 4.78 is 13.0. The maximum atomic E-state index is 13.0. The molecule has 0 atom stereocenters. The van der Waals surface area contributed by atoms with Gasteiger partial charge in [-0.3, -0.25) is 9.89 Å². The summed E-state index contributed by atoms with van der Waals surface area (Å²) in [6, 6.07) is 17.3. The number of halogens is 1. The van der Waals surface area contributed by atoms with Crippen LogP contribution in [0.25, 0.3) is 0 Å². The van der Waals surface area contributed by atoms with E-state index in [-0.39, 0.29) is 5.82 Å². The van der Waals surface area contributed by atoms with Crippen molar-refractivity contribution in [3.63, 3.8) is 0 Å². The molecular formula is C22H30FN3. The van der Waals surface area contributed by atoms with Crippen molar-refractivity contribution in [2.45, 2.75) is 25.8 Å². The molecule has 0 heterocycles. The normalized spacial score (nSPS) is 11.8. The highest BCUT2D eigenvalue weighted by Gasteiger charge is 2.10. The summed E-state index contributed by atoms with van der Waals surface area (Å²) >= 11 is 0. The van der Waals surface area contributed by atoms with E-state index in [9.17, 15) is 4.39 Å². The molecule has 2 aromatic rings. The first-order chi connectivity index (χ1) is 12.6. The lowest BCUT2D eigenvalue weighted by Gasteiger charge is -2.25. The fourth-order valence-corrected chi connectivity index (χ4v) is 2.99. The van der Waals surface area contributed by atoms with Crippen molar-refractivity contribution in [2.24, 2.45) is 4.99 Å². The zero-order valence-electron chi connectivity index (χ0n) is 16.2. The maximum Gasteiger partial charge on any atom is 0.123 e. The summed E-state index contributed by atoms with van der Waals surface area (Å²) in [6.45, 7) is 2.60. The van der Waals surface area contributed by atoms with Gasteiger partial charge in [0.15, 0.2) is 0 Å². The van der Waals surface area contributed by atoms with Gasteiger partial charge in [-0.2, -0.15) is 0 Å². The number of hydrogen-bond donors (Lipinski definition) is 0. The van der Waals surface area contributed by atoms with Crippen LogP contribution in [0.4, 0.5) is 4.39 Å². The Morgan fingerprint density at radius 3 is 2.27 bits per heavy atom.